The predicted molar refractivity (Wildman–Crippen MR) is 129 cm³/mol. The Morgan fingerprint density at radius 2 is 1.81 bits per heavy atom. The summed E-state index contributed by atoms with van der Waals surface area (Å²) in [4.78, 5) is 43.7. The molecule has 3 aromatic rings. The van der Waals surface area contributed by atoms with Gasteiger partial charge in [0.2, 0.25) is 17.7 Å². The number of hydrogen-bond donors (Lipinski definition) is 2. The zero-order valence-electron chi connectivity index (χ0n) is 17.6. The number of thioether (sulfide) groups is 1. The lowest BCUT2D eigenvalue weighted by Crippen LogP contribution is -2.28. The van der Waals surface area contributed by atoms with Crippen LogP contribution in [0.3, 0.4) is 0 Å². The van der Waals surface area contributed by atoms with Crippen LogP contribution in [0.15, 0.2) is 58.8 Å². The van der Waals surface area contributed by atoms with E-state index in [0.717, 1.165) is 21.8 Å². The molecule has 4 rings (SSSR count). The van der Waals surface area contributed by atoms with Crippen LogP contribution in [-0.2, 0) is 14.4 Å². The van der Waals surface area contributed by atoms with Gasteiger partial charge in [-0.3, -0.25) is 14.4 Å². The van der Waals surface area contributed by atoms with Gasteiger partial charge >= 0.3 is 0 Å². The normalized spacial score (nSPS) is 15.6. The molecule has 0 bridgehead atoms. The number of nitrogens with one attached hydrogen (secondary N) is 2. The highest BCUT2D eigenvalue weighted by molar-refractivity contribution is 7.98. The number of amides is 3. The Morgan fingerprint density at radius 3 is 2.47 bits per heavy atom. The minimum Gasteiger partial charge on any atom is -0.326 e. The minimum absolute atomic E-state index is 0.0545. The number of rotatable bonds is 6. The number of benzene rings is 2. The molecule has 1 aromatic heterocycles. The Kier molecular flexibility index (Phi) is 6.57. The summed E-state index contributed by atoms with van der Waals surface area (Å²) < 4.78 is 0. The molecule has 1 aliphatic rings. The first-order chi connectivity index (χ1) is 15.4. The first kappa shape index (κ1) is 22.0. The second kappa shape index (κ2) is 9.54. The molecular weight excluding hydrogens is 444 g/mol. The second-order valence-corrected chi connectivity index (χ2v) is 9.13. The fraction of sp³-hybridized carbons (Fsp3) is 0.217. The fourth-order valence-electron chi connectivity index (χ4n) is 3.49. The van der Waals surface area contributed by atoms with Crippen molar-refractivity contribution in [3.8, 4) is 11.3 Å². The van der Waals surface area contributed by atoms with Crippen LogP contribution in [0.25, 0.3) is 11.3 Å². The van der Waals surface area contributed by atoms with Gasteiger partial charge in [-0.15, -0.1) is 23.1 Å². The van der Waals surface area contributed by atoms with Crippen molar-refractivity contribution in [1.82, 2.24) is 4.98 Å². The second-order valence-electron chi connectivity index (χ2n) is 7.39. The van der Waals surface area contributed by atoms with Gasteiger partial charge in [0, 0.05) is 47.1 Å². The van der Waals surface area contributed by atoms with Gasteiger partial charge in [0.05, 0.1) is 11.6 Å². The van der Waals surface area contributed by atoms with E-state index >= 15 is 0 Å². The molecule has 1 unspecified atom stereocenters. The van der Waals surface area contributed by atoms with Crippen molar-refractivity contribution in [2.75, 3.05) is 28.3 Å². The summed E-state index contributed by atoms with van der Waals surface area (Å²) >= 11 is 2.98. The lowest BCUT2D eigenvalue weighted by Gasteiger charge is -2.16. The Hall–Kier alpha value is -3.17. The third kappa shape index (κ3) is 5.00. The van der Waals surface area contributed by atoms with E-state index in [-0.39, 0.29) is 24.1 Å². The van der Waals surface area contributed by atoms with Gasteiger partial charge in [-0.05, 0) is 42.7 Å². The van der Waals surface area contributed by atoms with Gasteiger partial charge in [-0.25, -0.2) is 4.98 Å². The van der Waals surface area contributed by atoms with E-state index < -0.39 is 5.92 Å². The van der Waals surface area contributed by atoms with Crippen molar-refractivity contribution in [2.45, 2.75) is 18.2 Å². The molecule has 0 radical (unpaired) electrons. The topological polar surface area (TPSA) is 91.4 Å². The first-order valence-electron chi connectivity index (χ1n) is 10.0. The molecule has 7 nitrogen and oxygen atoms in total. The molecule has 2 aromatic carbocycles. The summed E-state index contributed by atoms with van der Waals surface area (Å²) in [5.74, 6) is -0.811. The zero-order chi connectivity index (χ0) is 22.7. The molecule has 9 heteroatoms. The Balaban J connectivity index is 1.38. The summed E-state index contributed by atoms with van der Waals surface area (Å²) in [7, 11) is 0. The van der Waals surface area contributed by atoms with Crippen molar-refractivity contribution >= 4 is 57.3 Å². The van der Waals surface area contributed by atoms with E-state index in [1.807, 2.05) is 48.0 Å². The first-order valence-corrected chi connectivity index (χ1v) is 12.1. The number of thiazole rings is 1. The van der Waals surface area contributed by atoms with Crippen LogP contribution in [0.2, 0.25) is 0 Å². The van der Waals surface area contributed by atoms with Gasteiger partial charge < -0.3 is 15.5 Å². The number of carbonyl (C=O) groups is 3. The van der Waals surface area contributed by atoms with Crippen LogP contribution in [0.5, 0.6) is 0 Å². The number of anilines is 3. The highest BCUT2D eigenvalue weighted by atomic mass is 32.2. The van der Waals surface area contributed by atoms with E-state index in [1.54, 1.807) is 28.8 Å². The van der Waals surface area contributed by atoms with Crippen LogP contribution < -0.4 is 15.5 Å². The monoisotopic (exact) mass is 466 g/mol. The molecule has 1 atom stereocenters. The summed E-state index contributed by atoms with van der Waals surface area (Å²) in [5, 5.41) is 7.93. The molecule has 3 amide bonds. The average Bonchev–Trinajstić information content (AvgIpc) is 3.41. The molecule has 0 saturated carbocycles. The van der Waals surface area contributed by atoms with Gasteiger partial charge in [0.1, 0.15) is 0 Å². The maximum absolute atomic E-state index is 12.8. The maximum atomic E-state index is 12.8. The average molecular weight is 467 g/mol. The van der Waals surface area contributed by atoms with Crippen LogP contribution in [0.1, 0.15) is 13.3 Å². The van der Waals surface area contributed by atoms with Gasteiger partial charge in [0.25, 0.3) is 0 Å². The third-order valence-electron chi connectivity index (χ3n) is 5.12. The lowest BCUT2D eigenvalue weighted by molar-refractivity contribution is -0.122. The fourth-order valence-corrected chi connectivity index (χ4v) is 4.62. The van der Waals surface area contributed by atoms with Crippen LogP contribution >= 0.6 is 23.1 Å². The summed E-state index contributed by atoms with van der Waals surface area (Å²) in [6, 6.07) is 15.1. The summed E-state index contributed by atoms with van der Waals surface area (Å²) in [5.41, 5.74) is 3.13. The number of aromatic nitrogens is 1. The number of hydrogen-bond acceptors (Lipinski definition) is 6. The molecule has 32 heavy (non-hydrogen) atoms. The number of carbonyl (C=O) groups excluding carboxylic acids is 3. The van der Waals surface area contributed by atoms with Crippen molar-refractivity contribution in [2.24, 2.45) is 5.92 Å². The Morgan fingerprint density at radius 1 is 1.09 bits per heavy atom. The van der Waals surface area contributed by atoms with Crippen molar-refractivity contribution in [3.05, 3.63) is 53.9 Å². The molecule has 1 aliphatic heterocycles. The SMILES string of the molecule is CSc1ccc(N2CC(C(=O)Nc3nc(-c4ccc(NC(C)=O)cc4)cs3)CC2=O)cc1. The van der Waals surface area contributed by atoms with Crippen molar-refractivity contribution in [3.63, 3.8) is 0 Å². The van der Waals surface area contributed by atoms with E-state index in [9.17, 15) is 14.4 Å². The highest BCUT2D eigenvalue weighted by Gasteiger charge is 2.35. The summed E-state index contributed by atoms with van der Waals surface area (Å²) in [6.45, 7) is 1.81. The van der Waals surface area contributed by atoms with E-state index in [1.165, 1.54) is 18.3 Å². The quantitative estimate of drug-likeness (QED) is 0.523. The van der Waals surface area contributed by atoms with Crippen molar-refractivity contribution in [1.29, 1.82) is 0 Å². The molecule has 0 spiro atoms. The van der Waals surface area contributed by atoms with Crippen LogP contribution in [0, 0.1) is 5.92 Å². The van der Waals surface area contributed by atoms with E-state index in [4.69, 9.17) is 0 Å². The number of nitrogens with zero attached hydrogens (tertiary/aromatic N) is 2. The lowest BCUT2D eigenvalue weighted by atomic mass is 10.1. The summed E-state index contributed by atoms with van der Waals surface area (Å²) in [6.07, 6.45) is 2.18. The molecule has 164 valence electrons. The van der Waals surface area contributed by atoms with E-state index in [2.05, 4.69) is 15.6 Å². The zero-order valence-corrected chi connectivity index (χ0v) is 19.3. The molecule has 2 heterocycles. The third-order valence-corrected chi connectivity index (χ3v) is 6.62. The van der Waals surface area contributed by atoms with E-state index in [0.29, 0.717) is 17.4 Å². The van der Waals surface area contributed by atoms with Gasteiger partial charge in [-0.2, -0.15) is 0 Å². The van der Waals surface area contributed by atoms with Gasteiger partial charge in [-0.1, -0.05) is 12.1 Å². The van der Waals surface area contributed by atoms with Crippen molar-refractivity contribution < 1.29 is 14.4 Å². The minimum atomic E-state index is -0.424. The molecule has 1 saturated heterocycles. The molecule has 0 aliphatic carbocycles. The Bertz CT molecular complexity index is 1140. The molecular formula is C23H22N4O3S2. The highest BCUT2D eigenvalue weighted by Crippen LogP contribution is 2.30. The predicted octanol–water partition coefficient (Wildman–Crippen LogP) is 4.48. The molecule has 2 N–H and O–H groups in total. The maximum Gasteiger partial charge on any atom is 0.231 e. The van der Waals surface area contributed by atoms with Crippen LogP contribution in [0.4, 0.5) is 16.5 Å². The molecule has 1 fully saturated rings. The standard InChI is InChI=1S/C23H22N4O3S2/c1-14(28)24-17-5-3-15(4-6-17)20-13-32-23(25-20)26-22(30)16-11-21(29)27(12-16)18-7-9-19(31-2)10-8-18/h3-10,13,16H,11-12H2,1-2H3,(H,24,28)(H,25,26,30). The smallest absolute Gasteiger partial charge is 0.231 e. The van der Waals surface area contributed by atoms with Crippen LogP contribution in [-0.4, -0.2) is 35.5 Å². The van der Waals surface area contributed by atoms with Gasteiger partial charge in [0.15, 0.2) is 5.13 Å². The Labute approximate surface area is 194 Å². The largest absolute Gasteiger partial charge is 0.326 e.